The van der Waals surface area contributed by atoms with Gasteiger partial charge in [-0.05, 0) is 33.6 Å². The number of ether oxygens (including phenoxy) is 1. The van der Waals surface area contributed by atoms with Gasteiger partial charge in [-0.25, -0.2) is 0 Å². The quantitative estimate of drug-likeness (QED) is 0.512. The summed E-state index contributed by atoms with van der Waals surface area (Å²) < 4.78 is 5.56. The standard InChI is InChI=1S/C10H23NO/c1-5-6-7-8-9(11)12-10(2,3)4/h9H,5-8,11H2,1-4H3. The van der Waals surface area contributed by atoms with Crippen LogP contribution < -0.4 is 5.73 Å². The van der Waals surface area contributed by atoms with Crippen molar-refractivity contribution in [1.82, 2.24) is 0 Å². The third kappa shape index (κ3) is 8.02. The van der Waals surface area contributed by atoms with Crippen LogP contribution in [0.3, 0.4) is 0 Å². The monoisotopic (exact) mass is 173 g/mol. The van der Waals surface area contributed by atoms with E-state index in [-0.39, 0.29) is 11.8 Å². The number of hydrogen-bond acceptors (Lipinski definition) is 2. The summed E-state index contributed by atoms with van der Waals surface area (Å²) in [5, 5.41) is 0. The molecular weight excluding hydrogens is 150 g/mol. The molecule has 1 unspecified atom stereocenters. The van der Waals surface area contributed by atoms with E-state index in [1.54, 1.807) is 0 Å². The smallest absolute Gasteiger partial charge is 0.106 e. The van der Waals surface area contributed by atoms with Gasteiger partial charge >= 0.3 is 0 Å². The lowest BCUT2D eigenvalue weighted by Gasteiger charge is -2.24. The molecule has 0 fully saturated rings. The van der Waals surface area contributed by atoms with Gasteiger partial charge in [-0.3, -0.25) is 0 Å². The second-order valence-corrected chi connectivity index (χ2v) is 4.26. The van der Waals surface area contributed by atoms with E-state index >= 15 is 0 Å². The van der Waals surface area contributed by atoms with Crippen molar-refractivity contribution in [2.45, 2.75) is 65.2 Å². The highest BCUT2D eigenvalue weighted by Crippen LogP contribution is 2.12. The SMILES string of the molecule is CCCCCC(N)OC(C)(C)C. The van der Waals surface area contributed by atoms with Crippen LogP contribution in [-0.4, -0.2) is 11.8 Å². The first-order valence-corrected chi connectivity index (χ1v) is 4.89. The second kappa shape index (κ2) is 5.55. The Bertz CT molecular complexity index is 107. The second-order valence-electron chi connectivity index (χ2n) is 4.26. The molecule has 0 heterocycles. The van der Waals surface area contributed by atoms with E-state index in [9.17, 15) is 0 Å². The van der Waals surface area contributed by atoms with E-state index in [0.29, 0.717) is 0 Å². The molecule has 0 aliphatic rings. The highest BCUT2D eigenvalue weighted by Gasteiger charge is 2.14. The van der Waals surface area contributed by atoms with Gasteiger partial charge in [-0.15, -0.1) is 0 Å². The van der Waals surface area contributed by atoms with E-state index in [4.69, 9.17) is 10.5 Å². The average Bonchev–Trinajstić information content (AvgIpc) is 1.84. The Morgan fingerprint density at radius 1 is 1.25 bits per heavy atom. The third-order valence-electron chi connectivity index (χ3n) is 1.60. The molecular formula is C10H23NO. The third-order valence-corrected chi connectivity index (χ3v) is 1.60. The van der Waals surface area contributed by atoms with Gasteiger partial charge in [0.05, 0.1) is 5.60 Å². The van der Waals surface area contributed by atoms with Crippen LogP contribution in [0.1, 0.15) is 53.4 Å². The van der Waals surface area contributed by atoms with Gasteiger partial charge in [0.1, 0.15) is 6.23 Å². The van der Waals surface area contributed by atoms with Gasteiger partial charge < -0.3 is 10.5 Å². The predicted octanol–water partition coefficient (Wildman–Crippen LogP) is 2.67. The zero-order chi connectivity index (χ0) is 9.61. The minimum Gasteiger partial charge on any atom is -0.358 e. The molecule has 0 amide bonds. The van der Waals surface area contributed by atoms with Crippen molar-refractivity contribution in [2.24, 2.45) is 5.73 Å². The zero-order valence-corrected chi connectivity index (χ0v) is 8.89. The summed E-state index contributed by atoms with van der Waals surface area (Å²) in [5.74, 6) is 0. The minimum atomic E-state index is -0.106. The molecule has 0 bridgehead atoms. The van der Waals surface area contributed by atoms with Crippen LogP contribution in [0.15, 0.2) is 0 Å². The van der Waals surface area contributed by atoms with Gasteiger partial charge in [-0.2, -0.15) is 0 Å². The summed E-state index contributed by atoms with van der Waals surface area (Å²) in [6, 6.07) is 0. The summed E-state index contributed by atoms with van der Waals surface area (Å²) in [4.78, 5) is 0. The van der Waals surface area contributed by atoms with E-state index in [2.05, 4.69) is 6.92 Å². The molecule has 0 aliphatic carbocycles. The van der Waals surface area contributed by atoms with E-state index in [0.717, 1.165) is 6.42 Å². The molecule has 0 spiro atoms. The van der Waals surface area contributed by atoms with Crippen LogP contribution in [0.5, 0.6) is 0 Å². The fourth-order valence-corrected chi connectivity index (χ4v) is 1.11. The molecule has 1 atom stereocenters. The number of hydrogen-bond donors (Lipinski definition) is 1. The molecule has 0 rings (SSSR count). The molecule has 12 heavy (non-hydrogen) atoms. The first-order valence-electron chi connectivity index (χ1n) is 4.89. The molecule has 74 valence electrons. The van der Waals surface area contributed by atoms with Crippen LogP contribution in [0.2, 0.25) is 0 Å². The van der Waals surface area contributed by atoms with Gasteiger partial charge in [0.25, 0.3) is 0 Å². The highest BCUT2D eigenvalue weighted by atomic mass is 16.5. The molecule has 0 aromatic rings. The van der Waals surface area contributed by atoms with Gasteiger partial charge in [-0.1, -0.05) is 19.8 Å². The van der Waals surface area contributed by atoms with Crippen molar-refractivity contribution < 1.29 is 4.74 Å². The Morgan fingerprint density at radius 2 is 1.83 bits per heavy atom. The molecule has 0 radical (unpaired) electrons. The number of unbranched alkanes of at least 4 members (excludes halogenated alkanes) is 2. The average molecular weight is 173 g/mol. The lowest BCUT2D eigenvalue weighted by Crippen LogP contribution is -2.33. The normalized spacial score (nSPS) is 14.8. The minimum absolute atomic E-state index is 0.0865. The molecule has 2 N–H and O–H groups in total. The summed E-state index contributed by atoms with van der Waals surface area (Å²) in [6.07, 6.45) is 4.55. The van der Waals surface area contributed by atoms with Crippen molar-refractivity contribution in [2.75, 3.05) is 0 Å². The Hall–Kier alpha value is -0.0800. The van der Waals surface area contributed by atoms with Crippen LogP contribution in [0.4, 0.5) is 0 Å². The van der Waals surface area contributed by atoms with Crippen LogP contribution >= 0.6 is 0 Å². The fourth-order valence-electron chi connectivity index (χ4n) is 1.11. The lowest BCUT2D eigenvalue weighted by molar-refractivity contribution is -0.0606. The molecule has 2 nitrogen and oxygen atoms in total. The maximum atomic E-state index is 5.78. The fraction of sp³-hybridized carbons (Fsp3) is 1.00. The molecule has 2 heteroatoms. The van der Waals surface area contributed by atoms with Gasteiger partial charge in [0, 0.05) is 0 Å². The summed E-state index contributed by atoms with van der Waals surface area (Å²) in [7, 11) is 0. The van der Waals surface area contributed by atoms with Gasteiger partial charge in [0.2, 0.25) is 0 Å². The van der Waals surface area contributed by atoms with Crippen molar-refractivity contribution in [1.29, 1.82) is 0 Å². The Balaban J connectivity index is 3.40. The Kier molecular flexibility index (Phi) is 5.51. The zero-order valence-electron chi connectivity index (χ0n) is 8.89. The van der Waals surface area contributed by atoms with Crippen molar-refractivity contribution in [3.63, 3.8) is 0 Å². The van der Waals surface area contributed by atoms with Crippen LogP contribution in [0, 0.1) is 0 Å². The number of nitrogens with two attached hydrogens (primary N) is 1. The summed E-state index contributed by atoms with van der Waals surface area (Å²) in [5.41, 5.74) is 5.67. The largest absolute Gasteiger partial charge is 0.358 e. The lowest BCUT2D eigenvalue weighted by atomic mass is 10.1. The molecule has 0 saturated heterocycles. The maximum Gasteiger partial charge on any atom is 0.106 e. The molecule has 0 saturated carbocycles. The topological polar surface area (TPSA) is 35.2 Å². The summed E-state index contributed by atoms with van der Waals surface area (Å²) in [6.45, 7) is 8.29. The predicted molar refractivity (Wildman–Crippen MR) is 53.0 cm³/mol. The van der Waals surface area contributed by atoms with Crippen molar-refractivity contribution >= 4 is 0 Å². The van der Waals surface area contributed by atoms with Crippen LogP contribution in [0.25, 0.3) is 0 Å². The summed E-state index contributed by atoms with van der Waals surface area (Å²) >= 11 is 0. The molecule has 0 aromatic heterocycles. The number of rotatable bonds is 5. The molecule has 0 aliphatic heterocycles. The van der Waals surface area contributed by atoms with E-state index < -0.39 is 0 Å². The maximum absolute atomic E-state index is 5.78. The Labute approximate surface area is 76.5 Å². The molecule has 0 aromatic carbocycles. The first-order chi connectivity index (χ1) is 5.45. The van der Waals surface area contributed by atoms with E-state index in [1.165, 1.54) is 19.3 Å². The van der Waals surface area contributed by atoms with Crippen molar-refractivity contribution in [3.05, 3.63) is 0 Å². The van der Waals surface area contributed by atoms with Crippen molar-refractivity contribution in [3.8, 4) is 0 Å². The highest BCUT2D eigenvalue weighted by molar-refractivity contribution is 4.62. The Morgan fingerprint density at radius 3 is 2.25 bits per heavy atom. The first kappa shape index (κ1) is 11.9. The van der Waals surface area contributed by atoms with Gasteiger partial charge in [0.15, 0.2) is 0 Å². The van der Waals surface area contributed by atoms with E-state index in [1.807, 2.05) is 20.8 Å². The van der Waals surface area contributed by atoms with Crippen LogP contribution in [-0.2, 0) is 4.74 Å².